The van der Waals surface area contributed by atoms with Gasteiger partial charge in [0, 0.05) is 6.42 Å². The van der Waals surface area contributed by atoms with Crippen molar-refractivity contribution in [1.82, 2.24) is 0 Å². The molecule has 0 fully saturated rings. The molecule has 0 bridgehead atoms. The number of hydrogen-bond acceptors (Lipinski definition) is 1. The standard InChI is InChI=1S/C16H22O/c1-5-8-14(9-6-2)16-11-10-15(17-4)12-13(16)7-3/h1,10-12,14H,6-9H2,2-4H3. The number of aryl methyl sites for hydroxylation is 1. The van der Waals surface area contributed by atoms with E-state index in [0.29, 0.717) is 5.92 Å². The second-order valence-electron chi connectivity index (χ2n) is 4.31. The monoisotopic (exact) mass is 230 g/mol. The first-order valence-corrected chi connectivity index (χ1v) is 6.37. The molecule has 0 amide bonds. The highest BCUT2D eigenvalue weighted by molar-refractivity contribution is 5.38. The van der Waals surface area contributed by atoms with Crippen LogP contribution in [0.3, 0.4) is 0 Å². The molecule has 1 atom stereocenters. The summed E-state index contributed by atoms with van der Waals surface area (Å²) in [7, 11) is 1.71. The Morgan fingerprint density at radius 2 is 2.12 bits per heavy atom. The molecule has 0 N–H and O–H groups in total. The first-order valence-electron chi connectivity index (χ1n) is 6.37. The summed E-state index contributed by atoms with van der Waals surface area (Å²) in [4.78, 5) is 0. The Bertz CT molecular complexity index is 387. The van der Waals surface area contributed by atoms with Crippen LogP contribution >= 0.6 is 0 Å². The van der Waals surface area contributed by atoms with Crippen LogP contribution in [0.1, 0.15) is 50.2 Å². The normalized spacial score (nSPS) is 11.9. The van der Waals surface area contributed by atoms with Gasteiger partial charge >= 0.3 is 0 Å². The molecule has 1 nitrogen and oxygen atoms in total. The fraction of sp³-hybridized carbons (Fsp3) is 0.500. The summed E-state index contributed by atoms with van der Waals surface area (Å²) in [6, 6.07) is 6.34. The van der Waals surface area contributed by atoms with Gasteiger partial charge in [0.05, 0.1) is 7.11 Å². The lowest BCUT2D eigenvalue weighted by Gasteiger charge is -2.18. The van der Waals surface area contributed by atoms with Crippen LogP contribution in [0.5, 0.6) is 5.75 Å². The van der Waals surface area contributed by atoms with Crippen molar-refractivity contribution in [1.29, 1.82) is 0 Å². The Hall–Kier alpha value is -1.42. The average molecular weight is 230 g/mol. The van der Waals surface area contributed by atoms with Crippen LogP contribution in [0.15, 0.2) is 18.2 Å². The summed E-state index contributed by atoms with van der Waals surface area (Å²) in [5.74, 6) is 4.22. The summed E-state index contributed by atoms with van der Waals surface area (Å²) < 4.78 is 5.27. The van der Waals surface area contributed by atoms with Crippen molar-refractivity contribution in [2.75, 3.05) is 7.11 Å². The van der Waals surface area contributed by atoms with E-state index in [2.05, 4.69) is 31.9 Å². The van der Waals surface area contributed by atoms with E-state index >= 15 is 0 Å². The minimum absolute atomic E-state index is 0.492. The average Bonchev–Trinajstić information content (AvgIpc) is 2.37. The molecule has 1 aromatic carbocycles. The van der Waals surface area contributed by atoms with Crippen molar-refractivity contribution in [3.63, 3.8) is 0 Å². The van der Waals surface area contributed by atoms with Crippen molar-refractivity contribution in [2.45, 2.75) is 45.4 Å². The summed E-state index contributed by atoms with van der Waals surface area (Å²) in [6.45, 7) is 4.38. The molecule has 0 aliphatic carbocycles. The number of benzene rings is 1. The Kier molecular flexibility index (Phi) is 5.63. The zero-order valence-corrected chi connectivity index (χ0v) is 11.1. The van der Waals surface area contributed by atoms with Gasteiger partial charge in [-0.25, -0.2) is 0 Å². The first-order chi connectivity index (χ1) is 8.26. The van der Waals surface area contributed by atoms with Gasteiger partial charge in [-0.15, -0.1) is 12.3 Å². The molecule has 0 saturated heterocycles. The summed E-state index contributed by atoms with van der Waals surface area (Å²) in [5.41, 5.74) is 2.76. The van der Waals surface area contributed by atoms with Crippen LogP contribution < -0.4 is 4.74 Å². The van der Waals surface area contributed by atoms with Crippen molar-refractivity contribution in [2.24, 2.45) is 0 Å². The lowest BCUT2D eigenvalue weighted by atomic mass is 9.87. The molecule has 1 aromatic rings. The van der Waals surface area contributed by atoms with E-state index in [9.17, 15) is 0 Å². The number of ether oxygens (including phenoxy) is 1. The molecule has 0 heterocycles. The molecular weight excluding hydrogens is 208 g/mol. The highest BCUT2D eigenvalue weighted by Crippen LogP contribution is 2.30. The van der Waals surface area contributed by atoms with E-state index in [1.165, 1.54) is 17.5 Å². The second kappa shape index (κ2) is 7.01. The predicted octanol–water partition coefficient (Wildman–Crippen LogP) is 4.16. The lowest BCUT2D eigenvalue weighted by Crippen LogP contribution is -2.02. The number of terminal acetylenes is 1. The zero-order valence-electron chi connectivity index (χ0n) is 11.1. The Labute approximate surface area is 105 Å². The smallest absolute Gasteiger partial charge is 0.119 e. The summed E-state index contributed by atoms with van der Waals surface area (Å²) in [5, 5.41) is 0. The Morgan fingerprint density at radius 3 is 2.65 bits per heavy atom. The third-order valence-corrected chi connectivity index (χ3v) is 3.17. The topological polar surface area (TPSA) is 9.23 Å². The maximum absolute atomic E-state index is 5.47. The highest BCUT2D eigenvalue weighted by atomic mass is 16.5. The van der Waals surface area contributed by atoms with Crippen LogP contribution in [0.4, 0.5) is 0 Å². The summed E-state index contributed by atoms with van der Waals surface area (Å²) >= 11 is 0. The predicted molar refractivity (Wildman–Crippen MR) is 73.5 cm³/mol. The minimum Gasteiger partial charge on any atom is -0.497 e. The van der Waals surface area contributed by atoms with Crippen molar-refractivity contribution in [3.8, 4) is 18.1 Å². The maximum Gasteiger partial charge on any atom is 0.119 e. The number of rotatable bonds is 6. The van der Waals surface area contributed by atoms with E-state index in [4.69, 9.17) is 11.2 Å². The van der Waals surface area contributed by atoms with Crippen molar-refractivity contribution >= 4 is 0 Å². The second-order valence-corrected chi connectivity index (χ2v) is 4.31. The van der Waals surface area contributed by atoms with E-state index in [-0.39, 0.29) is 0 Å². The van der Waals surface area contributed by atoms with Gasteiger partial charge in [-0.2, -0.15) is 0 Å². The lowest BCUT2D eigenvalue weighted by molar-refractivity contribution is 0.414. The molecule has 0 aliphatic rings. The van der Waals surface area contributed by atoms with Gasteiger partial charge in [-0.3, -0.25) is 0 Å². The molecule has 0 spiro atoms. The molecule has 0 saturated carbocycles. The minimum atomic E-state index is 0.492. The van der Waals surface area contributed by atoms with Gasteiger partial charge in [0.15, 0.2) is 0 Å². The number of hydrogen-bond donors (Lipinski definition) is 0. The van der Waals surface area contributed by atoms with Crippen LogP contribution in [-0.4, -0.2) is 7.11 Å². The zero-order chi connectivity index (χ0) is 12.7. The largest absolute Gasteiger partial charge is 0.497 e. The van der Waals surface area contributed by atoms with Crippen molar-refractivity contribution in [3.05, 3.63) is 29.3 Å². The third-order valence-electron chi connectivity index (χ3n) is 3.17. The molecule has 0 radical (unpaired) electrons. The van der Waals surface area contributed by atoms with E-state index in [1.54, 1.807) is 7.11 Å². The van der Waals surface area contributed by atoms with E-state index < -0.39 is 0 Å². The fourth-order valence-corrected chi connectivity index (χ4v) is 2.27. The molecule has 17 heavy (non-hydrogen) atoms. The maximum atomic E-state index is 5.47. The fourth-order valence-electron chi connectivity index (χ4n) is 2.27. The quantitative estimate of drug-likeness (QED) is 0.667. The SMILES string of the molecule is C#CCC(CCC)c1ccc(OC)cc1CC. The molecule has 1 unspecified atom stereocenters. The van der Waals surface area contributed by atoms with E-state index in [1.807, 2.05) is 6.07 Å². The molecule has 0 aliphatic heterocycles. The van der Waals surface area contributed by atoms with Gasteiger partial charge in [-0.1, -0.05) is 26.3 Å². The van der Waals surface area contributed by atoms with E-state index in [0.717, 1.165) is 25.0 Å². The van der Waals surface area contributed by atoms with Gasteiger partial charge in [0.2, 0.25) is 0 Å². The van der Waals surface area contributed by atoms with Gasteiger partial charge in [0.25, 0.3) is 0 Å². The van der Waals surface area contributed by atoms with Crippen LogP contribution in [0, 0.1) is 12.3 Å². The Morgan fingerprint density at radius 1 is 1.35 bits per heavy atom. The number of methoxy groups -OCH3 is 1. The summed E-state index contributed by atoms with van der Waals surface area (Å²) in [6.07, 6.45) is 9.65. The first kappa shape index (κ1) is 13.6. The van der Waals surface area contributed by atoms with Gasteiger partial charge < -0.3 is 4.74 Å². The van der Waals surface area contributed by atoms with Crippen LogP contribution in [0.2, 0.25) is 0 Å². The molecular formula is C16H22O. The van der Waals surface area contributed by atoms with Crippen LogP contribution in [-0.2, 0) is 6.42 Å². The molecule has 92 valence electrons. The third kappa shape index (κ3) is 3.53. The molecule has 0 aromatic heterocycles. The van der Waals surface area contributed by atoms with Crippen LogP contribution in [0.25, 0.3) is 0 Å². The highest BCUT2D eigenvalue weighted by Gasteiger charge is 2.13. The van der Waals surface area contributed by atoms with Gasteiger partial charge in [-0.05, 0) is 42.0 Å². The molecule has 1 rings (SSSR count). The molecule has 1 heteroatoms. The van der Waals surface area contributed by atoms with Crippen molar-refractivity contribution < 1.29 is 4.74 Å². The van der Waals surface area contributed by atoms with Gasteiger partial charge in [0.1, 0.15) is 5.75 Å². The Balaban J connectivity index is 3.05.